The molecular weight excluding hydrogens is 226 g/mol. The second-order valence-electron chi connectivity index (χ2n) is 3.71. The van der Waals surface area contributed by atoms with Crippen LogP contribution in [-0.2, 0) is 0 Å². The normalized spacial score (nSPS) is 9.78. The summed E-state index contributed by atoms with van der Waals surface area (Å²) < 4.78 is 0. The van der Waals surface area contributed by atoms with Crippen LogP contribution in [0.1, 0.15) is 10.4 Å². The first-order valence-corrected chi connectivity index (χ1v) is 5.53. The minimum Gasteiger partial charge on any atom is -0.506 e. The maximum Gasteiger partial charge on any atom is 0.262 e. The summed E-state index contributed by atoms with van der Waals surface area (Å²) in [4.78, 5) is 13.6. The number of carbonyl (C=O) groups excluding carboxylic acids is 1. The van der Waals surface area contributed by atoms with Gasteiger partial charge < -0.3 is 5.11 Å². The number of amides is 1. The van der Waals surface area contributed by atoms with Crippen LogP contribution in [-0.4, -0.2) is 11.0 Å². The molecule has 90 valence electrons. The lowest BCUT2D eigenvalue weighted by atomic mass is 10.2. The van der Waals surface area contributed by atoms with Crippen LogP contribution < -0.4 is 4.90 Å². The largest absolute Gasteiger partial charge is 0.506 e. The van der Waals surface area contributed by atoms with Crippen molar-refractivity contribution in [3.8, 4) is 5.75 Å². The summed E-state index contributed by atoms with van der Waals surface area (Å²) in [6.07, 6.45) is 1.39. The van der Waals surface area contributed by atoms with Gasteiger partial charge in [0.15, 0.2) is 0 Å². The first-order valence-electron chi connectivity index (χ1n) is 5.53. The Morgan fingerprint density at radius 2 is 1.67 bits per heavy atom. The van der Waals surface area contributed by atoms with E-state index in [2.05, 4.69) is 6.58 Å². The van der Waals surface area contributed by atoms with Gasteiger partial charge in [-0.2, -0.15) is 0 Å². The first-order chi connectivity index (χ1) is 8.74. The molecule has 2 aromatic carbocycles. The van der Waals surface area contributed by atoms with Crippen LogP contribution in [0.2, 0.25) is 0 Å². The van der Waals surface area contributed by atoms with Crippen molar-refractivity contribution >= 4 is 11.6 Å². The Morgan fingerprint density at radius 3 is 2.28 bits per heavy atom. The molecule has 3 nitrogen and oxygen atoms in total. The molecule has 0 saturated carbocycles. The number of hydrogen-bond acceptors (Lipinski definition) is 2. The van der Waals surface area contributed by atoms with Crippen LogP contribution in [0.25, 0.3) is 0 Å². The van der Waals surface area contributed by atoms with Crippen molar-refractivity contribution in [2.24, 2.45) is 0 Å². The molecular formula is C15H13NO2. The van der Waals surface area contributed by atoms with Crippen molar-refractivity contribution in [2.45, 2.75) is 0 Å². The van der Waals surface area contributed by atoms with Crippen LogP contribution in [0.4, 0.5) is 5.69 Å². The minimum absolute atomic E-state index is 0.0432. The lowest BCUT2D eigenvalue weighted by molar-refractivity contribution is 0.0997. The summed E-state index contributed by atoms with van der Waals surface area (Å²) in [7, 11) is 0. The molecule has 0 unspecified atom stereocenters. The SMILES string of the molecule is C=CN(C(=O)c1ccccc1)c1ccccc1O. The van der Waals surface area contributed by atoms with Gasteiger partial charge in [-0.25, -0.2) is 0 Å². The molecule has 2 rings (SSSR count). The number of anilines is 1. The van der Waals surface area contributed by atoms with E-state index in [-0.39, 0.29) is 11.7 Å². The van der Waals surface area contributed by atoms with Crippen molar-refractivity contribution in [3.05, 3.63) is 72.9 Å². The van der Waals surface area contributed by atoms with Gasteiger partial charge in [-0.1, -0.05) is 36.9 Å². The molecule has 3 heteroatoms. The Morgan fingerprint density at radius 1 is 1.06 bits per heavy atom. The van der Waals surface area contributed by atoms with Crippen molar-refractivity contribution in [1.29, 1.82) is 0 Å². The Bertz CT molecular complexity index is 564. The molecule has 0 radical (unpaired) electrons. The average molecular weight is 239 g/mol. The molecule has 0 saturated heterocycles. The Hall–Kier alpha value is -2.55. The van der Waals surface area contributed by atoms with Crippen molar-refractivity contribution < 1.29 is 9.90 Å². The van der Waals surface area contributed by atoms with E-state index < -0.39 is 0 Å². The Kier molecular flexibility index (Phi) is 3.44. The maximum atomic E-state index is 12.3. The first kappa shape index (κ1) is 11.9. The summed E-state index contributed by atoms with van der Waals surface area (Å²) in [5, 5.41) is 9.77. The summed E-state index contributed by atoms with van der Waals surface area (Å²) in [6.45, 7) is 3.62. The van der Waals surface area contributed by atoms with Crippen LogP contribution in [0.5, 0.6) is 5.75 Å². The third-order valence-electron chi connectivity index (χ3n) is 2.56. The second kappa shape index (κ2) is 5.19. The summed E-state index contributed by atoms with van der Waals surface area (Å²) in [5.41, 5.74) is 0.960. The van der Waals surface area contributed by atoms with E-state index in [1.165, 1.54) is 17.2 Å². The zero-order valence-electron chi connectivity index (χ0n) is 9.78. The van der Waals surface area contributed by atoms with E-state index in [0.717, 1.165) is 0 Å². The Balaban J connectivity index is 2.39. The molecule has 0 atom stereocenters. The molecule has 0 fully saturated rings. The number of carbonyl (C=O) groups is 1. The lowest BCUT2D eigenvalue weighted by Gasteiger charge is -2.19. The highest BCUT2D eigenvalue weighted by Crippen LogP contribution is 2.27. The van der Waals surface area contributed by atoms with Gasteiger partial charge >= 0.3 is 0 Å². The quantitative estimate of drug-likeness (QED) is 0.893. The van der Waals surface area contributed by atoms with Gasteiger partial charge in [0.05, 0.1) is 5.69 Å². The van der Waals surface area contributed by atoms with E-state index in [1.807, 2.05) is 6.07 Å². The van der Waals surface area contributed by atoms with Crippen LogP contribution in [0.3, 0.4) is 0 Å². The number of benzene rings is 2. The van der Waals surface area contributed by atoms with Gasteiger partial charge in [0.25, 0.3) is 5.91 Å². The van der Waals surface area contributed by atoms with Crippen LogP contribution >= 0.6 is 0 Å². The number of phenolic OH excluding ortho intramolecular Hbond substituents is 1. The molecule has 1 amide bonds. The molecule has 0 aliphatic carbocycles. The number of hydrogen-bond donors (Lipinski definition) is 1. The number of rotatable bonds is 3. The number of aromatic hydroxyl groups is 1. The van der Waals surface area contributed by atoms with E-state index >= 15 is 0 Å². The van der Waals surface area contributed by atoms with E-state index in [1.54, 1.807) is 42.5 Å². The molecule has 0 aromatic heterocycles. The Labute approximate surface area is 106 Å². The lowest BCUT2D eigenvalue weighted by Crippen LogP contribution is -2.24. The molecule has 0 spiro atoms. The van der Waals surface area contributed by atoms with Gasteiger partial charge in [0, 0.05) is 11.8 Å². The van der Waals surface area contributed by atoms with Gasteiger partial charge in [-0.05, 0) is 24.3 Å². The zero-order chi connectivity index (χ0) is 13.0. The third-order valence-corrected chi connectivity index (χ3v) is 2.56. The average Bonchev–Trinajstić information content (AvgIpc) is 2.42. The summed E-state index contributed by atoms with van der Waals surface area (Å²) in [5.74, 6) is -0.186. The smallest absolute Gasteiger partial charge is 0.262 e. The number of nitrogens with zero attached hydrogens (tertiary/aromatic N) is 1. The van der Waals surface area contributed by atoms with Gasteiger partial charge in [0.2, 0.25) is 0 Å². The standard InChI is InChI=1S/C15H13NO2/c1-2-16(13-10-6-7-11-14(13)17)15(18)12-8-4-3-5-9-12/h2-11,17H,1H2. The fourth-order valence-electron chi connectivity index (χ4n) is 1.68. The van der Waals surface area contributed by atoms with E-state index in [0.29, 0.717) is 11.3 Å². The molecule has 0 heterocycles. The fraction of sp³-hybridized carbons (Fsp3) is 0. The molecule has 0 bridgehead atoms. The topological polar surface area (TPSA) is 40.5 Å². The molecule has 0 aliphatic rings. The van der Waals surface area contributed by atoms with Gasteiger partial charge in [-0.15, -0.1) is 0 Å². The van der Waals surface area contributed by atoms with Crippen molar-refractivity contribution in [1.82, 2.24) is 0 Å². The highest BCUT2D eigenvalue weighted by molar-refractivity contribution is 6.07. The minimum atomic E-state index is -0.230. The highest BCUT2D eigenvalue weighted by Gasteiger charge is 2.16. The third kappa shape index (κ3) is 2.25. The molecule has 2 aromatic rings. The number of para-hydroxylation sites is 2. The molecule has 1 N–H and O–H groups in total. The second-order valence-corrected chi connectivity index (χ2v) is 3.71. The van der Waals surface area contributed by atoms with Crippen LogP contribution in [0.15, 0.2) is 67.4 Å². The van der Waals surface area contributed by atoms with Crippen molar-refractivity contribution in [2.75, 3.05) is 4.90 Å². The summed E-state index contributed by atoms with van der Waals surface area (Å²) in [6, 6.07) is 15.5. The fourth-order valence-corrected chi connectivity index (χ4v) is 1.68. The molecule has 0 aliphatic heterocycles. The van der Waals surface area contributed by atoms with E-state index in [4.69, 9.17) is 0 Å². The summed E-state index contributed by atoms with van der Waals surface area (Å²) >= 11 is 0. The maximum absolute atomic E-state index is 12.3. The highest BCUT2D eigenvalue weighted by atomic mass is 16.3. The van der Waals surface area contributed by atoms with Gasteiger partial charge in [-0.3, -0.25) is 9.69 Å². The molecule has 18 heavy (non-hydrogen) atoms. The predicted octanol–water partition coefficient (Wildman–Crippen LogP) is 3.18. The van der Waals surface area contributed by atoms with E-state index in [9.17, 15) is 9.90 Å². The predicted molar refractivity (Wildman–Crippen MR) is 71.6 cm³/mol. The zero-order valence-corrected chi connectivity index (χ0v) is 9.78. The van der Waals surface area contributed by atoms with Crippen molar-refractivity contribution in [3.63, 3.8) is 0 Å². The van der Waals surface area contributed by atoms with Crippen LogP contribution in [0, 0.1) is 0 Å². The monoisotopic (exact) mass is 239 g/mol. The van der Waals surface area contributed by atoms with Gasteiger partial charge in [0.1, 0.15) is 5.75 Å². The number of phenols is 1.